The van der Waals surface area contributed by atoms with E-state index in [0.717, 1.165) is 56.8 Å². The smallest absolute Gasteiger partial charge is 0.193 e. The van der Waals surface area contributed by atoms with Crippen LogP contribution in [-0.4, -0.2) is 78.7 Å². The van der Waals surface area contributed by atoms with Gasteiger partial charge in [0.2, 0.25) is 0 Å². The Kier molecular flexibility index (Phi) is 7.41. The third-order valence-corrected chi connectivity index (χ3v) is 7.32. The Bertz CT molecular complexity index is 762. The Morgan fingerprint density at radius 3 is 2.67 bits per heavy atom. The van der Waals surface area contributed by atoms with Crippen molar-refractivity contribution in [2.75, 3.05) is 52.9 Å². The first-order chi connectivity index (χ1) is 14.7. The summed E-state index contributed by atoms with van der Waals surface area (Å²) in [7, 11) is 1.90. The fourth-order valence-electron chi connectivity index (χ4n) is 4.42. The van der Waals surface area contributed by atoms with Gasteiger partial charge in [-0.15, -0.1) is 11.3 Å². The van der Waals surface area contributed by atoms with Crippen LogP contribution in [0.25, 0.3) is 0 Å². The van der Waals surface area contributed by atoms with Gasteiger partial charge in [-0.2, -0.15) is 0 Å². The highest BCUT2D eigenvalue weighted by atomic mass is 32.1. The number of piperazine rings is 1. The Balaban J connectivity index is 1.31. The van der Waals surface area contributed by atoms with Crippen molar-refractivity contribution in [3.63, 3.8) is 0 Å². The molecule has 164 valence electrons. The largest absolute Gasteiger partial charge is 0.364 e. The van der Waals surface area contributed by atoms with E-state index in [4.69, 9.17) is 4.52 Å². The molecular formula is C22H34N6OS. The Morgan fingerprint density at radius 2 is 2.03 bits per heavy atom. The molecule has 30 heavy (non-hydrogen) atoms. The molecule has 0 saturated carbocycles. The predicted octanol–water partition coefficient (Wildman–Crippen LogP) is 2.90. The van der Waals surface area contributed by atoms with Crippen LogP contribution in [0.5, 0.6) is 0 Å². The van der Waals surface area contributed by atoms with Crippen LogP contribution in [0.15, 0.2) is 39.4 Å². The van der Waals surface area contributed by atoms with E-state index < -0.39 is 0 Å². The number of hydrogen-bond donors (Lipinski definition) is 1. The van der Waals surface area contributed by atoms with Crippen molar-refractivity contribution in [3.8, 4) is 0 Å². The number of nitrogens with zero attached hydrogens (tertiary/aromatic N) is 5. The lowest BCUT2D eigenvalue weighted by Crippen LogP contribution is -2.53. The third-order valence-electron chi connectivity index (χ3n) is 6.34. The van der Waals surface area contributed by atoms with Crippen LogP contribution in [-0.2, 0) is 6.54 Å². The molecule has 7 nitrogen and oxygen atoms in total. The molecule has 0 radical (unpaired) electrons. The highest BCUT2D eigenvalue weighted by Crippen LogP contribution is 2.29. The number of aromatic nitrogens is 1. The van der Waals surface area contributed by atoms with E-state index in [2.05, 4.69) is 54.6 Å². The molecule has 0 bridgehead atoms. The fraction of sp³-hybridized carbons (Fsp3) is 0.636. The molecule has 2 aliphatic heterocycles. The third kappa shape index (κ3) is 5.42. The lowest BCUT2D eigenvalue weighted by molar-refractivity contribution is 0.138. The van der Waals surface area contributed by atoms with Crippen LogP contribution in [0, 0.1) is 5.92 Å². The number of hydrogen-bond acceptors (Lipinski definition) is 6. The molecule has 2 saturated heterocycles. The monoisotopic (exact) mass is 430 g/mol. The summed E-state index contributed by atoms with van der Waals surface area (Å²) >= 11 is 1.87. The maximum atomic E-state index is 4.95. The summed E-state index contributed by atoms with van der Waals surface area (Å²) in [5, 5.41) is 9.92. The van der Waals surface area contributed by atoms with E-state index in [0.29, 0.717) is 6.04 Å². The molecule has 0 spiro atoms. The average Bonchev–Trinajstić information content (AvgIpc) is 3.48. The molecule has 2 aliphatic rings. The maximum Gasteiger partial charge on any atom is 0.193 e. The van der Waals surface area contributed by atoms with Crippen molar-refractivity contribution in [2.45, 2.75) is 32.4 Å². The Labute approximate surface area is 183 Å². The highest BCUT2D eigenvalue weighted by molar-refractivity contribution is 7.10. The highest BCUT2D eigenvalue weighted by Gasteiger charge is 2.27. The average molecular weight is 431 g/mol. The molecule has 0 amide bonds. The van der Waals surface area contributed by atoms with Crippen LogP contribution < -0.4 is 5.32 Å². The molecule has 4 heterocycles. The van der Waals surface area contributed by atoms with Gasteiger partial charge in [-0.05, 0) is 43.3 Å². The molecule has 2 fully saturated rings. The first-order valence-electron chi connectivity index (χ1n) is 11.1. The lowest BCUT2D eigenvalue weighted by Gasteiger charge is -2.39. The molecule has 0 aromatic carbocycles. The standard InChI is InChI=1S/C22H34N6OS/c1-18-5-8-27(9-6-18)20(21-4-3-15-30-21)16-24-22(23-2)28-12-10-26(11-13-28)17-19-7-14-29-25-19/h3-4,7,14-15,18,20H,5-6,8-13,16-17H2,1-2H3,(H,23,24). The van der Waals surface area contributed by atoms with Crippen molar-refractivity contribution in [3.05, 3.63) is 40.4 Å². The van der Waals surface area contributed by atoms with Gasteiger partial charge in [0.05, 0.1) is 11.7 Å². The van der Waals surface area contributed by atoms with Gasteiger partial charge < -0.3 is 14.7 Å². The van der Waals surface area contributed by atoms with Crippen molar-refractivity contribution in [1.29, 1.82) is 0 Å². The zero-order valence-corrected chi connectivity index (χ0v) is 19.0. The minimum absolute atomic E-state index is 0.419. The first kappa shape index (κ1) is 21.3. The van der Waals surface area contributed by atoms with E-state index in [9.17, 15) is 0 Å². The van der Waals surface area contributed by atoms with Gasteiger partial charge in [0, 0.05) is 57.3 Å². The number of nitrogens with one attached hydrogen (secondary N) is 1. The number of piperidine rings is 1. The van der Waals surface area contributed by atoms with E-state index in [1.54, 1.807) is 6.26 Å². The topological polar surface area (TPSA) is 60.1 Å². The maximum absolute atomic E-state index is 4.95. The summed E-state index contributed by atoms with van der Waals surface area (Å²) in [6.07, 6.45) is 4.23. The van der Waals surface area contributed by atoms with Crippen LogP contribution >= 0.6 is 11.3 Å². The summed E-state index contributed by atoms with van der Waals surface area (Å²) in [6, 6.07) is 6.81. The molecule has 8 heteroatoms. The zero-order chi connectivity index (χ0) is 20.8. The van der Waals surface area contributed by atoms with Gasteiger partial charge in [0.15, 0.2) is 5.96 Å². The van der Waals surface area contributed by atoms with Crippen LogP contribution in [0.3, 0.4) is 0 Å². The summed E-state index contributed by atoms with van der Waals surface area (Å²) in [6.45, 7) is 10.5. The minimum atomic E-state index is 0.419. The van der Waals surface area contributed by atoms with Gasteiger partial charge in [-0.1, -0.05) is 18.1 Å². The SMILES string of the molecule is CN=C(NCC(c1cccs1)N1CCC(C)CC1)N1CCN(Cc2ccon2)CC1. The number of thiophene rings is 1. The molecule has 4 rings (SSSR count). The number of aliphatic imine (C=N–C) groups is 1. The Morgan fingerprint density at radius 1 is 1.23 bits per heavy atom. The van der Waals surface area contributed by atoms with E-state index >= 15 is 0 Å². The molecule has 2 aromatic heterocycles. The van der Waals surface area contributed by atoms with Gasteiger partial charge in [0.1, 0.15) is 6.26 Å². The van der Waals surface area contributed by atoms with E-state index in [-0.39, 0.29) is 0 Å². The predicted molar refractivity (Wildman–Crippen MR) is 122 cm³/mol. The fourth-order valence-corrected chi connectivity index (χ4v) is 5.28. The number of likely N-dealkylation sites (tertiary alicyclic amines) is 1. The second-order valence-corrected chi connectivity index (χ2v) is 9.41. The van der Waals surface area contributed by atoms with Crippen molar-refractivity contribution >= 4 is 17.3 Å². The number of rotatable bonds is 6. The molecule has 1 atom stereocenters. The normalized spacial score (nSPS) is 21.1. The second kappa shape index (κ2) is 10.4. The molecule has 1 unspecified atom stereocenters. The van der Waals surface area contributed by atoms with Gasteiger partial charge in [-0.3, -0.25) is 14.8 Å². The molecule has 1 N–H and O–H groups in total. The summed E-state index contributed by atoms with van der Waals surface area (Å²) in [5.74, 6) is 1.86. The van der Waals surface area contributed by atoms with Crippen molar-refractivity contribution in [1.82, 2.24) is 25.2 Å². The van der Waals surface area contributed by atoms with Gasteiger partial charge in [0.25, 0.3) is 0 Å². The quantitative estimate of drug-likeness (QED) is 0.562. The zero-order valence-electron chi connectivity index (χ0n) is 18.2. The molecule has 2 aromatic rings. The van der Waals surface area contributed by atoms with E-state index in [1.807, 2.05) is 24.5 Å². The molecular weight excluding hydrogens is 396 g/mol. The van der Waals surface area contributed by atoms with Crippen LogP contribution in [0.2, 0.25) is 0 Å². The van der Waals surface area contributed by atoms with Crippen molar-refractivity contribution < 1.29 is 4.52 Å². The summed E-state index contributed by atoms with van der Waals surface area (Å²) in [4.78, 5) is 13.5. The van der Waals surface area contributed by atoms with Crippen molar-refractivity contribution in [2.24, 2.45) is 10.9 Å². The van der Waals surface area contributed by atoms with E-state index in [1.165, 1.54) is 30.8 Å². The van der Waals surface area contributed by atoms with Crippen LogP contribution in [0.1, 0.15) is 36.4 Å². The minimum Gasteiger partial charge on any atom is -0.364 e. The lowest BCUT2D eigenvalue weighted by atomic mass is 9.97. The summed E-state index contributed by atoms with van der Waals surface area (Å²) in [5.41, 5.74) is 1.00. The first-order valence-corrected chi connectivity index (χ1v) is 12.0. The van der Waals surface area contributed by atoms with Gasteiger partial charge >= 0.3 is 0 Å². The second-order valence-electron chi connectivity index (χ2n) is 8.43. The number of guanidine groups is 1. The molecule has 0 aliphatic carbocycles. The summed E-state index contributed by atoms with van der Waals surface area (Å²) < 4.78 is 4.95. The Hall–Kier alpha value is -1.90. The van der Waals surface area contributed by atoms with Gasteiger partial charge in [-0.25, -0.2) is 0 Å². The van der Waals surface area contributed by atoms with Crippen LogP contribution in [0.4, 0.5) is 0 Å².